The largest absolute Gasteiger partial charge is 0.506 e. The number of benzene rings is 1. The van der Waals surface area contributed by atoms with E-state index in [1.165, 1.54) is 0 Å². The zero-order valence-corrected chi connectivity index (χ0v) is 8.13. The molecule has 2 N–H and O–H groups in total. The fraction of sp³-hybridized carbons (Fsp3) is 0. The summed E-state index contributed by atoms with van der Waals surface area (Å²) >= 11 is 3.31. The van der Waals surface area contributed by atoms with Gasteiger partial charge in [0, 0.05) is 21.6 Å². The van der Waals surface area contributed by atoms with Gasteiger partial charge in [-0.25, -0.2) is 0 Å². The molecule has 0 atom stereocenters. The molecule has 0 saturated carbocycles. The second-order valence-electron chi connectivity index (χ2n) is 2.68. The Kier molecular flexibility index (Phi) is 1.84. The number of carbonyl (C=O) groups excluding carboxylic acids is 1. The Balaban J connectivity index is 2.95. The van der Waals surface area contributed by atoms with Crippen LogP contribution in [0.3, 0.4) is 0 Å². The molecule has 0 fully saturated rings. The van der Waals surface area contributed by atoms with Gasteiger partial charge in [-0.05, 0) is 12.1 Å². The number of aldehydes is 1. The SMILES string of the molecule is O=Cc1c[nH]c2c(O)ccc(Br)c12. The summed E-state index contributed by atoms with van der Waals surface area (Å²) < 4.78 is 0.795. The van der Waals surface area contributed by atoms with Crippen LogP contribution in [0.15, 0.2) is 22.8 Å². The number of hydrogen-bond acceptors (Lipinski definition) is 2. The Hall–Kier alpha value is -1.29. The van der Waals surface area contributed by atoms with Crippen molar-refractivity contribution in [1.29, 1.82) is 0 Å². The molecule has 0 unspecified atom stereocenters. The van der Waals surface area contributed by atoms with E-state index in [1.807, 2.05) is 0 Å². The molecule has 1 aromatic carbocycles. The first-order valence-corrected chi connectivity index (χ1v) is 4.47. The van der Waals surface area contributed by atoms with E-state index >= 15 is 0 Å². The maximum atomic E-state index is 10.6. The van der Waals surface area contributed by atoms with Gasteiger partial charge in [-0.3, -0.25) is 4.79 Å². The number of aromatic amines is 1. The van der Waals surface area contributed by atoms with Gasteiger partial charge in [0.25, 0.3) is 0 Å². The summed E-state index contributed by atoms with van der Waals surface area (Å²) in [5, 5.41) is 10.2. The first-order chi connectivity index (χ1) is 6.24. The van der Waals surface area contributed by atoms with Crippen LogP contribution in [-0.4, -0.2) is 16.4 Å². The highest BCUT2D eigenvalue weighted by Crippen LogP contribution is 2.31. The number of phenols is 1. The van der Waals surface area contributed by atoms with Crippen LogP contribution in [0, 0.1) is 0 Å². The van der Waals surface area contributed by atoms with Crippen LogP contribution in [0.5, 0.6) is 5.75 Å². The van der Waals surface area contributed by atoms with Crippen LogP contribution in [0.2, 0.25) is 0 Å². The summed E-state index contributed by atoms with van der Waals surface area (Å²) in [6.45, 7) is 0. The number of halogens is 1. The predicted molar refractivity (Wildman–Crippen MR) is 53.1 cm³/mol. The van der Waals surface area contributed by atoms with Gasteiger partial charge in [0.15, 0.2) is 6.29 Å². The quantitative estimate of drug-likeness (QED) is 0.752. The van der Waals surface area contributed by atoms with E-state index in [2.05, 4.69) is 20.9 Å². The van der Waals surface area contributed by atoms with Crippen LogP contribution >= 0.6 is 15.9 Å². The second kappa shape index (κ2) is 2.88. The molecule has 3 nitrogen and oxygen atoms in total. The molecule has 0 bridgehead atoms. The van der Waals surface area contributed by atoms with E-state index in [-0.39, 0.29) is 5.75 Å². The highest BCUT2D eigenvalue weighted by atomic mass is 79.9. The topological polar surface area (TPSA) is 53.1 Å². The summed E-state index contributed by atoms with van der Waals surface area (Å²) in [4.78, 5) is 13.5. The molecular weight excluding hydrogens is 234 g/mol. The number of hydrogen-bond donors (Lipinski definition) is 2. The maximum Gasteiger partial charge on any atom is 0.152 e. The molecule has 1 heterocycles. The van der Waals surface area contributed by atoms with E-state index in [9.17, 15) is 9.90 Å². The number of nitrogens with one attached hydrogen (secondary N) is 1. The molecule has 0 aliphatic heterocycles. The molecule has 0 radical (unpaired) electrons. The van der Waals surface area contributed by atoms with Gasteiger partial charge < -0.3 is 10.1 Å². The highest BCUT2D eigenvalue weighted by molar-refractivity contribution is 9.10. The zero-order chi connectivity index (χ0) is 9.42. The Labute approximate surface area is 82.5 Å². The summed E-state index contributed by atoms with van der Waals surface area (Å²) in [6, 6.07) is 3.27. The highest BCUT2D eigenvalue weighted by Gasteiger charge is 2.09. The van der Waals surface area contributed by atoms with Crippen LogP contribution in [0.25, 0.3) is 10.9 Å². The molecule has 2 aromatic rings. The Bertz CT molecular complexity index is 476. The minimum absolute atomic E-state index is 0.145. The number of rotatable bonds is 1. The normalized spacial score (nSPS) is 10.5. The van der Waals surface area contributed by atoms with Crippen molar-refractivity contribution in [1.82, 2.24) is 4.98 Å². The average Bonchev–Trinajstić information content (AvgIpc) is 2.56. The standard InChI is InChI=1S/C9H6BrNO2/c10-6-1-2-7(13)9-8(6)5(4-12)3-11-9/h1-4,11,13H. The van der Waals surface area contributed by atoms with Crippen molar-refractivity contribution in [2.24, 2.45) is 0 Å². The van der Waals surface area contributed by atoms with Gasteiger partial charge in [-0.2, -0.15) is 0 Å². The third-order valence-electron chi connectivity index (χ3n) is 1.92. The molecule has 0 aliphatic carbocycles. The number of H-pyrrole nitrogens is 1. The minimum atomic E-state index is 0.145. The van der Waals surface area contributed by atoms with Crippen molar-refractivity contribution in [3.8, 4) is 5.75 Å². The molecule has 0 spiro atoms. The van der Waals surface area contributed by atoms with Crippen LogP contribution in [0.4, 0.5) is 0 Å². The third kappa shape index (κ3) is 1.14. The van der Waals surface area contributed by atoms with Crippen molar-refractivity contribution in [2.45, 2.75) is 0 Å². The molecule has 0 amide bonds. The number of carbonyl (C=O) groups is 1. The molecule has 4 heteroatoms. The van der Waals surface area contributed by atoms with E-state index in [1.54, 1.807) is 18.3 Å². The van der Waals surface area contributed by atoms with E-state index in [4.69, 9.17) is 0 Å². The Morgan fingerprint density at radius 2 is 2.23 bits per heavy atom. The van der Waals surface area contributed by atoms with Gasteiger partial charge in [-0.1, -0.05) is 15.9 Å². The molecule has 0 saturated heterocycles. The van der Waals surface area contributed by atoms with Crippen molar-refractivity contribution < 1.29 is 9.90 Å². The first kappa shape index (κ1) is 8.31. The van der Waals surface area contributed by atoms with E-state index < -0.39 is 0 Å². The molecule has 66 valence electrons. The molecule has 13 heavy (non-hydrogen) atoms. The zero-order valence-electron chi connectivity index (χ0n) is 6.54. The maximum absolute atomic E-state index is 10.6. The molecule has 2 rings (SSSR count). The van der Waals surface area contributed by atoms with Crippen molar-refractivity contribution in [2.75, 3.05) is 0 Å². The summed E-state index contributed by atoms with van der Waals surface area (Å²) in [5.41, 5.74) is 1.12. The second-order valence-corrected chi connectivity index (χ2v) is 3.53. The Morgan fingerprint density at radius 1 is 1.46 bits per heavy atom. The first-order valence-electron chi connectivity index (χ1n) is 3.68. The van der Waals surface area contributed by atoms with Crippen molar-refractivity contribution in [3.05, 3.63) is 28.4 Å². The summed E-state index contributed by atoms with van der Waals surface area (Å²) in [7, 11) is 0. The van der Waals surface area contributed by atoms with E-state index in [0.717, 1.165) is 16.1 Å². The fourth-order valence-corrected chi connectivity index (χ4v) is 1.87. The number of aromatic nitrogens is 1. The fourth-order valence-electron chi connectivity index (χ4n) is 1.31. The lowest BCUT2D eigenvalue weighted by Gasteiger charge is -1.97. The Morgan fingerprint density at radius 3 is 2.92 bits per heavy atom. The molecular formula is C9H6BrNO2. The summed E-state index contributed by atoms with van der Waals surface area (Å²) in [6.07, 6.45) is 2.32. The van der Waals surface area contributed by atoms with Gasteiger partial charge in [-0.15, -0.1) is 0 Å². The average molecular weight is 240 g/mol. The lowest BCUT2D eigenvalue weighted by molar-refractivity contribution is 0.112. The van der Waals surface area contributed by atoms with Crippen LogP contribution in [-0.2, 0) is 0 Å². The van der Waals surface area contributed by atoms with Crippen molar-refractivity contribution >= 4 is 33.1 Å². The van der Waals surface area contributed by atoms with Gasteiger partial charge in [0.05, 0.1) is 5.52 Å². The smallest absolute Gasteiger partial charge is 0.152 e. The third-order valence-corrected chi connectivity index (χ3v) is 2.58. The number of fused-ring (bicyclic) bond motifs is 1. The molecule has 1 aromatic heterocycles. The predicted octanol–water partition coefficient (Wildman–Crippen LogP) is 2.45. The lowest BCUT2D eigenvalue weighted by atomic mass is 10.2. The van der Waals surface area contributed by atoms with Crippen LogP contribution in [0.1, 0.15) is 10.4 Å². The van der Waals surface area contributed by atoms with Gasteiger partial charge >= 0.3 is 0 Å². The van der Waals surface area contributed by atoms with Crippen LogP contribution < -0.4 is 0 Å². The molecule has 0 aliphatic rings. The van der Waals surface area contributed by atoms with Gasteiger partial charge in [0.1, 0.15) is 5.75 Å². The lowest BCUT2D eigenvalue weighted by Crippen LogP contribution is -1.77. The minimum Gasteiger partial charge on any atom is -0.506 e. The summed E-state index contributed by atoms with van der Waals surface area (Å²) in [5.74, 6) is 0.145. The van der Waals surface area contributed by atoms with Crippen molar-refractivity contribution in [3.63, 3.8) is 0 Å². The van der Waals surface area contributed by atoms with Gasteiger partial charge in [0.2, 0.25) is 0 Å². The monoisotopic (exact) mass is 239 g/mol. The number of phenolic OH excluding ortho intramolecular Hbond substituents is 1. The number of aromatic hydroxyl groups is 1. The van der Waals surface area contributed by atoms with E-state index in [0.29, 0.717) is 11.1 Å².